The number of rotatable bonds is 4. The van der Waals surface area contributed by atoms with Crippen molar-refractivity contribution < 1.29 is 9.21 Å². The fourth-order valence-corrected chi connectivity index (χ4v) is 2.05. The number of pyridine rings is 1. The third-order valence-electron chi connectivity index (χ3n) is 3.07. The van der Waals surface area contributed by atoms with Crippen LogP contribution in [-0.2, 0) is 6.42 Å². The number of furan rings is 1. The number of nitrogens with zero attached hydrogens (tertiary/aromatic N) is 1. The molecule has 0 aliphatic carbocycles. The normalized spacial score (nSPS) is 10.6. The first-order valence-corrected chi connectivity index (χ1v) is 6.48. The Morgan fingerprint density at radius 1 is 1.20 bits per heavy atom. The van der Waals surface area contributed by atoms with Crippen molar-refractivity contribution in [2.75, 3.05) is 6.54 Å². The summed E-state index contributed by atoms with van der Waals surface area (Å²) in [4.78, 5) is 16.0. The van der Waals surface area contributed by atoms with Gasteiger partial charge < -0.3 is 9.73 Å². The fraction of sp³-hybridized carbons (Fsp3) is 0.125. The van der Waals surface area contributed by atoms with Gasteiger partial charge in [-0.05, 0) is 30.2 Å². The molecule has 1 N–H and O–H groups in total. The highest BCUT2D eigenvalue weighted by Crippen LogP contribution is 2.18. The van der Waals surface area contributed by atoms with E-state index in [4.69, 9.17) is 4.42 Å². The Kier molecular flexibility index (Phi) is 3.46. The molecule has 3 rings (SSSR count). The van der Waals surface area contributed by atoms with E-state index < -0.39 is 0 Å². The number of fused-ring (bicyclic) bond motifs is 1. The van der Waals surface area contributed by atoms with Crippen LogP contribution in [0.2, 0.25) is 0 Å². The third-order valence-corrected chi connectivity index (χ3v) is 3.07. The summed E-state index contributed by atoms with van der Waals surface area (Å²) in [5.41, 5.74) is 1.82. The summed E-state index contributed by atoms with van der Waals surface area (Å²) in [6.07, 6.45) is 4.28. The number of hydrogen-bond acceptors (Lipinski definition) is 3. The van der Waals surface area contributed by atoms with Crippen LogP contribution >= 0.6 is 0 Å². The second kappa shape index (κ2) is 5.57. The van der Waals surface area contributed by atoms with Crippen molar-refractivity contribution in [1.82, 2.24) is 10.3 Å². The molecule has 4 nitrogen and oxygen atoms in total. The zero-order valence-corrected chi connectivity index (χ0v) is 10.9. The van der Waals surface area contributed by atoms with Crippen LogP contribution in [0.4, 0.5) is 0 Å². The van der Waals surface area contributed by atoms with E-state index in [9.17, 15) is 4.79 Å². The predicted octanol–water partition coefficient (Wildman–Crippen LogP) is 2.80. The molecule has 3 aromatic rings. The summed E-state index contributed by atoms with van der Waals surface area (Å²) in [5.74, 6) is 0.155. The SMILES string of the molecule is O=C(NCCc1cccnc1)c1cc2ccccc2o1. The molecule has 1 aromatic carbocycles. The number of hydrogen-bond donors (Lipinski definition) is 1. The van der Waals surface area contributed by atoms with Crippen molar-refractivity contribution >= 4 is 16.9 Å². The van der Waals surface area contributed by atoms with Crippen molar-refractivity contribution in [3.63, 3.8) is 0 Å². The molecular formula is C16H14N2O2. The van der Waals surface area contributed by atoms with E-state index in [-0.39, 0.29) is 5.91 Å². The molecule has 4 heteroatoms. The molecule has 0 atom stereocenters. The van der Waals surface area contributed by atoms with E-state index in [2.05, 4.69) is 10.3 Å². The molecule has 0 spiro atoms. The number of carbonyl (C=O) groups is 1. The molecule has 0 unspecified atom stereocenters. The molecular weight excluding hydrogens is 252 g/mol. The zero-order chi connectivity index (χ0) is 13.8. The first kappa shape index (κ1) is 12.4. The topological polar surface area (TPSA) is 55.1 Å². The maximum absolute atomic E-state index is 12.0. The van der Waals surface area contributed by atoms with Crippen molar-refractivity contribution in [3.8, 4) is 0 Å². The molecule has 100 valence electrons. The van der Waals surface area contributed by atoms with Gasteiger partial charge in [0.1, 0.15) is 5.58 Å². The Morgan fingerprint density at radius 2 is 2.10 bits per heavy atom. The largest absolute Gasteiger partial charge is 0.451 e. The van der Waals surface area contributed by atoms with E-state index in [0.29, 0.717) is 12.3 Å². The number of aromatic nitrogens is 1. The zero-order valence-electron chi connectivity index (χ0n) is 10.9. The van der Waals surface area contributed by atoms with E-state index >= 15 is 0 Å². The maximum Gasteiger partial charge on any atom is 0.287 e. The van der Waals surface area contributed by atoms with Gasteiger partial charge in [0.15, 0.2) is 5.76 Å². The van der Waals surface area contributed by atoms with Gasteiger partial charge in [0.2, 0.25) is 0 Å². The Morgan fingerprint density at radius 3 is 2.90 bits per heavy atom. The van der Waals surface area contributed by atoms with Gasteiger partial charge in [-0.3, -0.25) is 9.78 Å². The van der Waals surface area contributed by atoms with Crippen LogP contribution in [0, 0.1) is 0 Å². The lowest BCUT2D eigenvalue weighted by Gasteiger charge is -2.02. The van der Waals surface area contributed by atoms with Crippen LogP contribution < -0.4 is 5.32 Å². The molecule has 0 fully saturated rings. The molecule has 0 aliphatic rings. The lowest BCUT2D eigenvalue weighted by Crippen LogP contribution is -2.25. The highest BCUT2D eigenvalue weighted by molar-refractivity contribution is 5.96. The minimum atomic E-state index is -0.190. The Hall–Kier alpha value is -2.62. The number of nitrogens with one attached hydrogen (secondary N) is 1. The summed E-state index contributed by atoms with van der Waals surface area (Å²) in [6.45, 7) is 0.557. The van der Waals surface area contributed by atoms with Crippen LogP contribution in [0.3, 0.4) is 0 Å². The summed E-state index contributed by atoms with van der Waals surface area (Å²) >= 11 is 0. The van der Waals surface area contributed by atoms with Crippen molar-refractivity contribution in [2.45, 2.75) is 6.42 Å². The molecule has 20 heavy (non-hydrogen) atoms. The molecule has 0 saturated carbocycles. The van der Waals surface area contributed by atoms with E-state index in [1.165, 1.54) is 0 Å². The fourth-order valence-electron chi connectivity index (χ4n) is 2.05. The molecule has 0 bridgehead atoms. The smallest absolute Gasteiger partial charge is 0.287 e. The monoisotopic (exact) mass is 266 g/mol. The molecule has 0 aliphatic heterocycles. The van der Waals surface area contributed by atoms with Gasteiger partial charge in [-0.25, -0.2) is 0 Å². The average molecular weight is 266 g/mol. The summed E-state index contributed by atoms with van der Waals surface area (Å²) in [6, 6.07) is 13.2. The summed E-state index contributed by atoms with van der Waals surface area (Å²) < 4.78 is 5.51. The highest BCUT2D eigenvalue weighted by atomic mass is 16.3. The van der Waals surface area contributed by atoms with Gasteiger partial charge in [0.05, 0.1) is 0 Å². The number of amides is 1. The van der Waals surface area contributed by atoms with E-state index in [1.807, 2.05) is 36.4 Å². The van der Waals surface area contributed by atoms with Crippen LogP contribution in [0.15, 0.2) is 59.3 Å². The third kappa shape index (κ3) is 2.69. The lowest BCUT2D eigenvalue weighted by molar-refractivity contribution is 0.0928. The first-order valence-electron chi connectivity index (χ1n) is 6.48. The van der Waals surface area contributed by atoms with E-state index in [0.717, 1.165) is 23.0 Å². The van der Waals surface area contributed by atoms with Gasteiger partial charge in [0.25, 0.3) is 5.91 Å². The quantitative estimate of drug-likeness (QED) is 0.790. The molecule has 0 radical (unpaired) electrons. The number of para-hydroxylation sites is 1. The minimum absolute atomic E-state index is 0.190. The summed E-state index contributed by atoms with van der Waals surface area (Å²) in [5, 5.41) is 3.78. The Labute approximate surface area is 116 Å². The van der Waals surface area contributed by atoms with Crippen LogP contribution in [0.25, 0.3) is 11.0 Å². The van der Waals surface area contributed by atoms with Crippen molar-refractivity contribution in [2.24, 2.45) is 0 Å². The lowest BCUT2D eigenvalue weighted by atomic mass is 10.2. The first-order chi connectivity index (χ1) is 9.83. The minimum Gasteiger partial charge on any atom is -0.451 e. The van der Waals surface area contributed by atoms with Crippen LogP contribution in [0.1, 0.15) is 16.1 Å². The second-order valence-corrected chi connectivity index (χ2v) is 4.52. The van der Waals surface area contributed by atoms with Gasteiger partial charge in [-0.1, -0.05) is 24.3 Å². The summed E-state index contributed by atoms with van der Waals surface area (Å²) in [7, 11) is 0. The van der Waals surface area contributed by atoms with Crippen molar-refractivity contribution in [3.05, 3.63) is 66.2 Å². The van der Waals surface area contributed by atoms with Gasteiger partial charge in [-0.2, -0.15) is 0 Å². The van der Waals surface area contributed by atoms with Gasteiger partial charge >= 0.3 is 0 Å². The standard InChI is InChI=1S/C16H14N2O2/c19-16(18-9-7-12-4-3-8-17-11-12)15-10-13-5-1-2-6-14(13)20-15/h1-6,8,10-11H,7,9H2,(H,18,19). The molecule has 0 saturated heterocycles. The van der Waals surface area contributed by atoms with E-state index in [1.54, 1.807) is 18.5 Å². The van der Waals surface area contributed by atoms with Crippen LogP contribution in [-0.4, -0.2) is 17.4 Å². The maximum atomic E-state index is 12.0. The molecule has 1 amide bonds. The van der Waals surface area contributed by atoms with Crippen molar-refractivity contribution in [1.29, 1.82) is 0 Å². The number of carbonyl (C=O) groups excluding carboxylic acids is 1. The second-order valence-electron chi connectivity index (χ2n) is 4.52. The molecule has 2 heterocycles. The predicted molar refractivity (Wildman–Crippen MR) is 76.5 cm³/mol. The van der Waals surface area contributed by atoms with Gasteiger partial charge in [0, 0.05) is 24.3 Å². The number of benzene rings is 1. The average Bonchev–Trinajstić information content (AvgIpc) is 2.92. The highest BCUT2D eigenvalue weighted by Gasteiger charge is 2.11. The Bertz CT molecular complexity index is 686. The van der Waals surface area contributed by atoms with Crippen LogP contribution in [0.5, 0.6) is 0 Å². The molecule has 2 aromatic heterocycles. The Balaban J connectivity index is 1.61. The van der Waals surface area contributed by atoms with Gasteiger partial charge in [-0.15, -0.1) is 0 Å².